The second-order valence-corrected chi connectivity index (χ2v) is 6.29. The van der Waals surface area contributed by atoms with Gasteiger partial charge in [-0.3, -0.25) is 4.79 Å². The number of carbonyl (C=O) groups excluding carboxylic acids is 1. The number of aryl methyl sites for hydroxylation is 1. The Morgan fingerprint density at radius 1 is 1.19 bits per heavy atom. The summed E-state index contributed by atoms with van der Waals surface area (Å²) in [6, 6.07) is 8.37. The van der Waals surface area contributed by atoms with Crippen LogP contribution in [0.4, 0.5) is 0 Å². The van der Waals surface area contributed by atoms with Crippen molar-refractivity contribution in [2.24, 2.45) is 0 Å². The summed E-state index contributed by atoms with van der Waals surface area (Å²) in [7, 11) is 1.99. The summed E-state index contributed by atoms with van der Waals surface area (Å²) < 4.78 is 0. The average molecular weight is 288 g/mol. The highest BCUT2D eigenvalue weighted by atomic mass is 16.1. The van der Waals surface area contributed by atoms with Crippen LogP contribution in [0.2, 0.25) is 0 Å². The van der Waals surface area contributed by atoms with Crippen LogP contribution in [-0.4, -0.2) is 25.0 Å². The quantitative estimate of drug-likeness (QED) is 0.845. The molecule has 1 aliphatic carbocycles. The summed E-state index contributed by atoms with van der Waals surface area (Å²) in [5.41, 5.74) is 2.65. The second-order valence-electron chi connectivity index (χ2n) is 6.29. The van der Waals surface area contributed by atoms with Crippen molar-refractivity contribution in [2.45, 2.75) is 57.4 Å². The van der Waals surface area contributed by atoms with Gasteiger partial charge in [-0.2, -0.15) is 0 Å². The molecule has 2 rings (SSSR count). The van der Waals surface area contributed by atoms with E-state index in [2.05, 4.69) is 41.8 Å². The third kappa shape index (κ3) is 4.57. The molecule has 1 saturated carbocycles. The first kappa shape index (κ1) is 16.0. The Hall–Kier alpha value is -1.35. The van der Waals surface area contributed by atoms with E-state index in [-0.39, 0.29) is 11.4 Å². The normalized spacial score (nSPS) is 17.4. The maximum atomic E-state index is 12.2. The van der Waals surface area contributed by atoms with Crippen LogP contribution in [0.15, 0.2) is 24.3 Å². The van der Waals surface area contributed by atoms with Crippen LogP contribution < -0.4 is 10.6 Å². The fourth-order valence-electron chi connectivity index (χ4n) is 3.34. The minimum atomic E-state index is 0.0327. The van der Waals surface area contributed by atoms with Crippen LogP contribution in [0.1, 0.15) is 49.7 Å². The number of amides is 1. The third-order valence-corrected chi connectivity index (χ3v) is 4.82. The minimum absolute atomic E-state index is 0.0327. The van der Waals surface area contributed by atoms with Crippen molar-refractivity contribution >= 4 is 5.91 Å². The number of benzene rings is 1. The number of rotatable bonds is 6. The molecule has 3 nitrogen and oxygen atoms in total. The van der Waals surface area contributed by atoms with E-state index in [9.17, 15) is 4.79 Å². The van der Waals surface area contributed by atoms with Crippen LogP contribution in [0, 0.1) is 6.92 Å². The van der Waals surface area contributed by atoms with Gasteiger partial charge in [0.15, 0.2) is 0 Å². The van der Waals surface area contributed by atoms with Crippen molar-refractivity contribution in [3.05, 3.63) is 35.4 Å². The highest BCUT2D eigenvalue weighted by Crippen LogP contribution is 2.30. The van der Waals surface area contributed by atoms with Crippen LogP contribution in [0.5, 0.6) is 0 Å². The highest BCUT2D eigenvalue weighted by molar-refractivity contribution is 5.77. The summed E-state index contributed by atoms with van der Waals surface area (Å²) >= 11 is 0. The lowest BCUT2D eigenvalue weighted by atomic mass is 9.79. The minimum Gasteiger partial charge on any atom is -0.356 e. The fourth-order valence-corrected chi connectivity index (χ4v) is 3.34. The van der Waals surface area contributed by atoms with Crippen LogP contribution in [-0.2, 0) is 11.2 Å². The average Bonchev–Trinajstić information content (AvgIpc) is 2.50. The number of nitrogens with one attached hydrogen (secondary N) is 2. The first-order valence-corrected chi connectivity index (χ1v) is 8.15. The van der Waals surface area contributed by atoms with Crippen molar-refractivity contribution in [3.63, 3.8) is 0 Å². The van der Waals surface area contributed by atoms with Crippen LogP contribution in [0.3, 0.4) is 0 Å². The molecule has 3 heteroatoms. The highest BCUT2D eigenvalue weighted by Gasteiger charge is 2.32. The van der Waals surface area contributed by atoms with Gasteiger partial charge in [-0.1, -0.05) is 43.5 Å². The molecule has 0 spiro atoms. The predicted molar refractivity (Wildman–Crippen MR) is 87.4 cm³/mol. The number of carbonyl (C=O) groups is 1. The van der Waals surface area contributed by atoms with Crippen molar-refractivity contribution in [3.8, 4) is 0 Å². The van der Waals surface area contributed by atoms with Crippen LogP contribution >= 0.6 is 0 Å². The lowest BCUT2D eigenvalue weighted by Gasteiger charge is -2.36. The largest absolute Gasteiger partial charge is 0.356 e. The van der Waals surface area contributed by atoms with Gasteiger partial charge in [0, 0.05) is 18.5 Å². The summed E-state index contributed by atoms with van der Waals surface area (Å²) in [4.78, 5) is 12.2. The lowest BCUT2D eigenvalue weighted by molar-refractivity contribution is -0.122. The van der Waals surface area contributed by atoms with E-state index in [4.69, 9.17) is 0 Å². The Labute approximate surface area is 128 Å². The maximum absolute atomic E-state index is 12.2. The fraction of sp³-hybridized carbons (Fsp3) is 0.611. The molecule has 21 heavy (non-hydrogen) atoms. The zero-order valence-electron chi connectivity index (χ0n) is 13.4. The molecule has 0 aromatic heterocycles. The monoisotopic (exact) mass is 288 g/mol. The number of hydrogen-bond donors (Lipinski definition) is 2. The van der Waals surface area contributed by atoms with Gasteiger partial charge in [0.05, 0.1) is 0 Å². The molecule has 1 aliphatic rings. The van der Waals surface area contributed by atoms with Gasteiger partial charge < -0.3 is 10.6 Å². The molecule has 1 amide bonds. The molecule has 0 bridgehead atoms. The van der Waals surface area contributed by atoms with Gasteiger partial charge >= 0.3 is 0 Å². The molecular formula is C18H28N2O. The van der Waals surface area contributed by atoms with Crippen molar-refractivity contribution in [2.75, 3.05) is 13.6 Å². The van der Waals surface area contributed by atoms with E-state index in [1.54, 1.807) is 0 Å². The Morgan fingerprint density at radius 3 is 2.57 bits per heavy atom. The molecule has 0 heterocycles. The van der Waals surface area contributed by atoms with E-state index >= 15 is 0 Å². The molecular weight excluding hydrogens is 260 g/mol. The SMILES string of the molecule is CNC1(CC(=O)NCCc2ccccc2C)CCCCC1. The van der Waals surface area contributed by atoms with E-state index in [1.165, 1.54) is 30.4 Å². The molecule has 0 aliphatic heterocycles. The lowest BCUT2D eigenvalue weighted by Crippen LogP contribution is -2.48. The Bertz CT molecular complexity index is 464. The molecule has 1 aromatic rings. The van der Waals surface area contributed by atoms with Crippen molar-refractivity contribution in [1.29, 1.82) is 0 Å². The van der Waals surface area contributed by atoms with Gasteiger partial charge in [-0.25, -0.2) is 0 Å². The molecule has 116 valence electrons. The van der Waals surface area contributed by atoms with Crippen molar-refractivity contribution < 1.29 is 4.79 Å². The smallest absolute Gasteiger partial charge is 0.221 e. The molecule has 1 fully saturated rings. The molecule has 1 aromatic carbocycles. The third-order valence-electron chi connectivity index (χ3n) is 4.82. The van der Waals surface area contributed by atoms with Gasteiger partial charge in [0.25, 0.3) is 0 Å². The van der Waals surface area contributed by atoms with Gasteiger partial charge in [0.1, 0.15) is 0 Å². The van der Waals surface area contributed by atoms with E-state index in [0.29, 0.717) is 6.42 Å². The molecule has 2 N–H and O–H groups in total. The topological polar surface area (TPSA) is 41.1 Å². The summed E-state index contributed by atoms with van der Waals surface area (Å²) in [6.45, 7) is 2.85. The van der Waals surface area contributed by atoms with Gasteiger partial charge in [-0.15, -0.1) is 0 Å². The molecule has 0 atom stereocenters. The maximum Gasteiger partial charge on any atom is 0.221 e. The number of hydrogen-bond acceptors (Lipinski definition) is 2. The summed E-state index contributed by atoms with van der Waals surface area (Å²) in [5, 5.41) is 6.49. The first-order chi connectivity index (χ1) is 10.2. The van der Waals surface area contributed by atoms with Crippen molar-refractivity contribution in [1.82, 2.24) is 10.6 Å². The van der Waals surface area contributed by atoms with Gasteiger partial charge in [-0.05, 0) is 44.4 Å². The zero-order chi connectivity index (χ0) is 15.1. The molecule has 0 saturated heterocycles. The van der Waals surface area contributed by atoms with E-state index < -0.39 is 0 Å². The summed E-state index contributed by atoms with van der Waals surface area (Å²) in [6.07, 6.45) is 7.53. The molecule has 0 unspecified atom stereocenters. The molecule has 0 radical (unpaired) electrons. The summed E-state index contributed by atoms with van der Waals surface area (Å²) in [5.74, 6) is 0.180. The van der Waals surface area contributed by atoms with E-state index in [0.717, 1.165) is 25.8 Å². The second kappa shape index (κ2) is 7.60. The zero-order valence-corrected chi connectivity index (χ0v) is 13.4. The predicted octanol–water partition coefficient (Wildman–Crippen LogP) is 2.97. The Morgan fingerprint density at radius 2 is 1.90 bits per heavy atom. The Balaban J connectivity index is 1.78. The van der Waals surface area contributed by atoms with Crippen LogP contribution in [0.25, 0.3) is 0 Å². The first-order valence-electron chi connectivity index (χ1n) is 8.15. The standard InChI is InChI=1S/C18H28N2O/c1-15-8-4-5-9-16(15)10-13-20-17(21)14-18(19-2)11-6-3-7-12-18/h4-5,8-9,19H,3,6-7,10-14H2,1-2H3,(H,20,21). The van der Waals surface area contributed by atoms with Gasteiger partial charge in [0.2, 0.25) is 5.91 Å². The van der Waals surface area contributed by atoms with E-state index in [1.807, 2.05) is 7.05 Å². The Kier molecular flexibility index (Phi) is 5.80.